The van der Waals surface area contributed by atoms with Gasteiger partial charge in [-0.1, -0.05) is 30.1 Å². The number of aromatic nitrogens is 2. The van der Waals surface area contributed by atoms with Gasteiger partial charge in [-0.3, -0.25) is 0 Å². The van der Waals surface area contributed by atoms with Crippen LogP contribution in [-0.4, -0.2) is 63.7 Å². The number of nitrogens with one attached hydrogen (secondary N) is 2. The lowest BCUT2D eigenvalue weighted by Gasteiger charge is -2.25. The number of rotatable bonds is 9. The number of hydrogen-bond donors (Lipinski definition) is 2. The number of anilines is 2. The molecule has 3 heterocycles. The normalized spacial score (nSPS) is 13.6. The standard InChI is InChI=1S/C22H24Cl2N4O3.C5H12O/c1-25-18-9-14-12(11-26-18)8-15(28-22(14)27-13-4-6-31-7-5-13)19-20(23)16(29-2)10-17(30-3)21(19)24;1-3-5-6-4-2/h8-11,13H,4-7H2,1-3H3,(H,25,26)(H,27,28);3-5H2,1-2H3. The fraction of sp³-hybridized carbons (Fsp3) is 0.481. The minimum absolute atomic E-state index is 0.261. The van der Waals surface area contributed by atoms with Gasteiger partial charge >= 0.3 is 0 Å². The maximum atomic E-state index is 6.65. The number of benzene rings is 1. The van der Waals surface area contributed by atoms with Gasteiger partial charge < -0.3 is 29.6 Å². The van der Waals surface area contributed by atoms with E-state index >= 15 is 0 Å². The first-order valence-electron chi connectivity index (χ1n) is 12.5. The van der Waals surface area contributed by atoms with Crippen molar-refractivity contribution in [3.05, 3.63) is 34.4 Å². The Labute approximate surface area is 229 Å². The van der Waals surface area contributed by atoms with Crippen molar-refractivity contribution >= 4 is 45.6 Å². The van der Waals surface area contributed by atoms with Crippen LogP contribution >= 0.6 is 23.2 Å². The van der Waals surface area contributed by atoms with E-state index in [0.717, 1.165) is 68.1 Å². The highest BCUT2D eigenvalue weighted by atomic mass is 35.5. The molecule has 2 N–H and O–H groups in total. The van der Waals surface area contributed by atoms with Crippen LogP contribution in [0.3, 0.4) is 0 Å². The molecular formula is C27H36Cl2N4O4. The van der Waals surface area contributed by atoms with Crippen LogP contribution in [0.2, 0.25) is 10.0 Å². The summed E-state index contributed by atoms with van der Waals surface area (Å²) in [6.07, 6.45) is 4.76. The molecule has 2 aromatic heterocycles. The van der Waals surface area contributed by atoms with Gasteiger partial charge in [0, 0.05) is 68.1 Å². The predicted molar refractivity (Wildman–Crippen MR) is 152 cm³/mol. The monoisotopic (exact) mass is 550 g/mol. The largest absolute Gasteiger partial charge is 0.495 e. The molecule has 1 fully saturated rings. The third-order valence-electron chi connectivity index (χ3n) is 5.92. The highest BCUT2D eigenvalue weighted by Crippen LogP contribution is 2.46. The van der Waals surface area contributed by atoms with Crippen molar-refractivity contribution in [1.82, 2.24) is 9.97 Å². The van der Waals surface area contributed by atoms with Crippen molar-refractivity contribution < 1.29 is 18.9 Å². The van der Waals surface area contributed by atoms with Crippen LogP contribution in [0.5, 0.6) is 11.5 Å². The Bertz CT molecular complexity index is 1140. The molecule has 1 aliphatic heterocycles. The second-order valence-corrected chi connectivity index (χ2v) is 9.16. The number of halogens is 2. The molecule has 0 atom stereocenters. The number of hydrogen-bond acceptors (Lipinski definition) is 8. The van der Waals surface area contributed by atoms with Crippen LogP contribution < -0.4 is 20.1 Å². The van der Waals surface area contributed by atoms with Gasteiger partial charge in [-0.15, -0.1) is 0 Å². The van der Waals surface area contributed by atoms with E-state index < -0.39 is 0 Å². The van der Waals surface area contributed by atoms with Crippen LogP contribution in [0.1, 0.15) is 33.1 Å². The van der Waals surface area contributed by atoms with E-state index in [0.29, 0.717) is 32.8 Å². The summed E-state index contributed by atoms with van der Waals surface area (Å²) in [5.74, 6) is 2.42. The molecule has 3 aromatic rings. The first kappa shape index (κ1) is 29.0. The number of nitrogens with zero attached hydrogens (tertiary/aromatic N) is 2. The van der Waals surface area contributed by atoms with E-state index in [-0.39, 0.29) is 6.04 Å². The number of fused-ring (bicyclic) bond motifs is 1. The van der Waals surface area contributed by atoms with E-state index in [1.807, 2.05) is 26.1 Å². The molecule has 8 nitrogen and oxygen atoms in total. The van der Waals surface area contributed by atoms with Gasteiger partial charge in [0.2, 0.25) is 0 Å². The Morgan fingerprint density at radius 3 is 2.24 bits per heavy atom. The minimum atomic E-state index is 0.261. The minimum Gasteiger partial charge on any atom is -0.495 e. The summed E-state index contributed by atoms with van der Waals surface area (Å²) in [7, 11) is 4.94. The van der Waals surface area contributed by atoms with Crippen molar-refractivity contribution in [3.63, 3.8) is 0 Å². The Morgan fingerprint density at radius 2 is 1.70 bits per heavy atom. The van der Waals surface area contributed by atoms with Crippen molar-refractivity contribution in [2.45, 2.75) is 39.2 Å². The molecule has 1 saturated heterocycles. The summed E-state index contributed by atoms with van der Waals surface area (Å²) < 4.78 is 21.3. The molecule has 37 heavy (non-hydrogen) atoms. The van der Waals surface area contributed by atoms with E-state index in [4.69, 9.17) is 47.1 Å². The third-order valence-corrected chi connectivity index (χ3v) is 6.67. The highest BCUT2D eigenvalue weighted by Gasteiger charge is 2.22. The Balaban J connectivity index is 0.000000568. The summed E-state index contributed by atoms with van der Waals surface area (Å²) in [6.45, 7) is 7.34. The van der Waals surface area contributed by atoms with Gasteiger partial charge in [0.25, 0.3) is 0 Å². The fourth-order valence-corrected chi connectivity index (χ4v) is 4.65. The van der Waals surface area contributed by atoms with Gasteiger partial charge in [-0.2, -0.15) is 0 Å². The Morgan fingerprint density at radius 1 is 1.03 bits per heavy atom. The topological polar surface area (TPSA) is 86.8 Å². The third kappa shape index (κ3) is 7.29. The molecule has 0 saturated carbocycles. The average molecular weight is 552 g/mol. The smallest absolute Gasteiger partial charge is 0.141 e. The molecule has 0 unspecified atom stereocenters. The summed E-state index contributed by atoms with van der Waals surface area (Å²) >= 11 is 13.3. The van der Waals surface area contributed by atoms with Gasteiger partial charge in [0.1, 0.15) is 23.1 Å². The zero-order valence-electron chi connectivity index (χ0n) is 22.1. The van der Waals surface area contributed by atoms with Crippen molar-refractivity contribution in [2.75, 3.05) is 58.3 Å². The summed E-state index contributed by atoms with van der Waals surface area (Å²) in [4.78, 5) is 9.38. The van der Waals surface area contributed by atoms with E-state index in [2.05, 4.69) is 22.5 Å². The molecule has 1 aromatic carbocycles. The quantitative estimate of drug-likeness (QED) is 0.285. The molecule has 4 rings (SSSR count). The molecule has 10 heteroatoms. The average Bonchev–Trinajstić information content (AvgIpc) is 2.93. The van der Waals surface area contributed by atoms with Crippen molar-refractivity contribution in [2.24, 2.45) is 0 Å². The summed E-state index contributed by atoms with van der Waals surface area (Å²) in [5, 5.41) is 9.28. The number of pyridine rings is 2. The first-order chi connectivity index (χ1) is 18.0. The molecule has 0 bridgehead atoms. The van der Waals surface area contributed by atoms with E-state index in [9.17, 15) is 0 Å². The van der Waals surface area contributed by atoms with Crippen LogP contribution in [0, 0.1) is 0 Å². The molecule has 0 aliphatic carbocycles. The van der Waals surface area contributed by atoms with Crippen LogP contribution in [0.25, 0.3) is 22.0 Å². The fourth-order valence-electron chi connectivity index (χ4n) is 3.96. The predicted octanol–water partition coefficient (Wildman–Crippen LogP) is 6.69. The van der Waals surface area contributed by atoms with Gasteiger partial charge in [-0.25, -0.2) is 9.97 Å². The first-order valence-corrected chi connectivity index (χ1v) is 13.2. The van der Waals surface area contributed by atoms with Crippen LogP contribution in [0.15, 0.2) is 24.4 Å². The van der Waals surface area contributed by atoms with E-state index in [1.165, 1.54) is 0 Å². The zero-order chi connectivity index (χ0) is 26.8. The lowest BCUT2D eigenvalue weighted by atomic mass is 10.1. The molecule has 0 amide bonds. The van der Waals surface area contributed by atoms with Gasteiger partial charge in [0.15, 0.2) is 0 Å². The van der Waals surface area contributed by atoms with Gasteiger partial charge in [-0.05, 0) is 38.3 Å². The highest BCUT2D eigenvalue weighted by molar-refractivity contribution is 6.41. The molecular weight excluding hydrogens is 515 g/mol. The maximum absolute atomic E-state index is 6.65. The Hall–Kier alpha value is -2.52. The second kappa shape index (κ2) is 14.4. The summed E-state index contributed by atoms with van der Waals surface area (Å²) in [5.41, 5.74) is 1.16. The van der Waals surface area contributed by atoms with Gasteiger partial charge in [0.05, 0.1) is 30.0 Å². The second-order valence-electron chi connectivity index (χ2n) is 8.41. The Kier molecular flexibility index (Phi) is 11.3. The molecule has 202 valence electrons. The maximum Gasteiger partial charge on any atom is 0.141 e. The molecule has 1 aliphatic rings. The molecule has 0 spiro atoms. The van der Waals surface area contributed by atoms with Crippen molar-refractivity contribution in [1.29, 1.82) is 0 Å². The lowest BCUT2D eigenvalue weighted by Crippen LogP contribution is -2.28. The SMILES string of the molecule is CCCOCC.CNc1cc2c(NC3CCOCC3)nc(-c3c(Cl)c(OC)cc(OC)c3Cl)cc2cn1. The zero-order valence-corrected chi connectivity index (χ0v) is 23.6. The number of ether oxygens (including phenoxy) is 4. The van der Waals surface area contributed by atoms with Crippen LogP contribution in [0.4, 0.5) is 11.6 Å². The molecule has 0 radical (unpaired) electrons. The van der Waals surface area contributed by atoms with Crippen molar-refractivity contribution in [3.8, 4) is 22.8 Å². The van der Waals surface area contributed by atoms with Crippen LogP contribution in [-0.2, 0) is 9.47 Å². The number of methoxy groups -OCH3 is 2. The van der Waals surface area contributed by atoms with E-state index in [1.54, 1.807) is 26.5 Å². The summed E-state index contributed by atoms with van der Waals surface area (Å²) in [6, 6.07) is 5.82. The lowest BCUT2D eigenvalue weighted by molar-refractivity contribution is 0.0904.